The molecule has 7 aromatic rings. The number of benzene rings is 5. The van der Waals surface area contributed by atoms with E-state index >= 15 is 19.2 Å². The maximum Gasteiger partial charge on any atom is 0.329 e. The van der Waals surface area contributed by atoms with Crippen LogP contribution in [0.25, 0.3) is 11.0 Å². The van der Waals surface area contributed by atoms with Crippen LogP contribution >= 0.6 is 0 Å². The zero-order valence-electron chi connectivity index (χ0n) is 43.1. The average molecular weight is 1050 g/mol. The van der Waals surface area contributed by atoms with Gasteiger partial charge >= 0.3 is 18.0 Å². The van der Waals surface area contributed by atoms with Crippen molar-refractivity contribution in [3.8, 4) is 17.6 Å². The summed E-state index contributed by atoms with van der Waals surface area (Å²) in [6.45, 7) is 4.27. The second-order valence-electron chi connectivity index (χ2n) is 19.9. The Kier molecular flexibility index (Phi) is 14.1. The fraction of sp³-hybridized carbons (Fsp3) is 0.305. The number of anilines is 2. The van der Waals surface area contributed by atoms with Gasteiger partial charge in [-0.2, -0.15) is 0 Å². The number of urea groups is 1. The number of para-hydroxylation sites is 1. The summed E-state index contributed by atoms with van der Waals surface area (Å²) in [6, 6.07) is 34.4. The predicted molar refractivity (Wildman–Crippen MR) is 285 cm³/mol. The standard InChI is InChI=1S/C59H56N10O9/c1-37(2)48(54(72)76-3)62-58(75)68-45-25-24-38(15-13-28-67-46-23-11-10-22-44(46)63-64-67)35-43(45)59(56(68)74)47(53(71)65-29-31-66(32-30-65)57-60-26-14-27-61-57)50-55(73)78-51(40-18-8-5-9-19-40)49(39-16-6-4-7-17-39)69(50)52(59)41-20-12-21-42(36-41)77-34-33-70/h4-12,14,16-27,35-37,47-52,70H,28-34H2,1-3H3,(H,62,75)/t47-,48-,49-,50-,51+,52+,59-/m0/s1. The lowest BCUT2D eigenvalue weighted by atomic mass is 9.64. The molecule has 7 atom stereocenters. The molecule has 0 aliphatic carbocycles. The zero-order valence-corrected chi connectivity index (χ0v) is 43.1. The van der Waals surface area contributed by atoms with E-state index in [-0.39, 0.29) is 44.1 Å². The molecule has 0 bridgehead atoms. The van der Waals surface area contributed by atoms with E-state index in [1.54, 1.807) is 78.3 Å². The van der Waals surface area contributed by atoms with Crippen molar-refractivity contribution in [2.75, 3.05) is 56.3 Å². The highest BCUT2D eigenvalue weighted by Gasteiger charge is 2.76. The Morgan fingerprint density at radius 1 is 0.821 bits per heavy atom. The maximum atomic E-state index is 17.0. The molecule has 3 saturated heterocycles. The number of fused-ring (bicyclic) bond motifs is 4. The molecule has 4 aliphatic heterocycles. The molecule has 6 heterocycles. The largest absolute Gasteiger partial charge is 0.491 e. The molecule has 5 aromatic carbocycles. The molecule has 0 saturated carbocycles. The number of piperazine rings is 1. The number of esters is 2. The second-order valence-corrected chi connectivity index (χ2v) is 19.9. The van der Waals surface area contributed by atoms with Crippen LogP contribution < -0.4 is 19.9 Å². The third kappa shape index (κ3) is 9.01. The van der Waals surface area contributed by atoms with E-state index in [2.05, 4.69) is 37.4 Å². The van der Waals surface area contributed by atoms with Crippen LogP contribution in [0.3, 0.4) is 0 Å². The number of aromatic nitrogens is 5. The average Bonchev–Trinajstić information content (AvgIpc) is 2.95. The molecule has 4 amide bonds. The number of carbonyl (C=O) groups excluding carboxylic acids is 5. The number of aliphatic hydroxyl groups is 1. The summed E-state index contributed by atoms with van der Waals surface area (Å²) in [7, 11) is 1.22. The van der Waals surface area contributed by atoms with Crippen molar-refractivity contribution in [2.45, 2.75) is 56.1 Å². The summed E-state index contributed by atoms with van der Waals surface area (Å²) in [5.74, 6) is 2.44. The summed E-state index contributed by atoms with van der Waals surface area (Å²) in [4.78, 5) is 93.5. The number of methoxy groups -OCH3 is 1. The number of amides is 4. The Balaban J connectivity index is 1.17. The van der Waals surface area contributed by atoms with Gasteiger partial charge in [-0.15, -0.1) is 5.10 Å². The Labute approximate surface area is 449 Å². The van der Waals surface area contributed by atoms with Crippen molar-refractivity contribution in [3.63, 3.8) is 0 Å². The van der Waals surface area contributed by atoms with Crippen LogP contribution in [0.1, 0.15) is 59.9 Å². The summed E-state index contributed by atoms with van der Waals surface area (Å²) >= 11 is 0. The quantitative estimate of drug-likeness (QED) is 0.113. The van der Waals surface area contributed by atoms with Gasteiger partial charge in [0, 0.05) is 44.1 Å². The number of carbonyl (C=O) groups is 5. The van der Waals surface area contributed by atoms with Gasteiger partial charge in [0.25, 0.3) is 0 Å². The molecular weight excluding hydrogens is 993 g/mol. The third-order valence-corrected chi connectivity index (χ3v) is 15.2. The van der Waals surface area contributed by atoms with Gasteiger partial charge in [-0.25, -0.2) is 29.1 Å². The number of morpholine rings is 1. The smallest absolute Gasteiger partial charge is 0.329 e. The Bertz CT molecular complexity index is 3450. The fourth-order valence-electron chi connectivity index (χ4n) is 11.8. The normalized spacial score (nSPS) is 22.1. The van der Waals surface area contributed by atoms with E-state index in [4.69, 9.17) is 14.2 Å². The lowest BCUT2D eigenvalue weighted by Crippen LogP contribution is -2.60. The molecule has 396 valence electrons. The van der Waals surface area contributed by atoms with E-state index < -0.39 is 77.3 Å². The Morgan fingerprint density at radius 3 is 2.24 bits per heavy atom. The number of nitrogens with one attached hydrogen (secondary N) is 1. The number of hydrogen-bond acceptors (Lipinski definition) is 15. The van der Waals surface area contributed by atoms with Crippen molar-refractivity contribution in [1.29, 1.82) is 0 Å². The molecule has 0 radical (unpaired) electrons. The number of hydrogen-bond donors (Lipinski definition) is 2. The molecule has 0 unspecified atom stereocenters. The first-order valence-electron chi connectivity index (χ1n) is 25.9. The first kappa shape index (κ1) is 51.1. The maximum absolute atomic E-state index is 17.0. The number of ether oxygens (including phenoxy) is 3. The summed E-state index contributed by atoms with van der Waals surface area (Å²) in [6.07, 6.45) is 2.33. The van der Waals surface area contributed by atoms with Crippen LogP contribution in [0.15, 0.2) is 146 Å². The van der Waals surface area contributed by atoms with Gasteiger partial charge < -0.3 is 34.4 Å². The second kappa shape index (κ2) is 21.6. The van der Waals surface area contributed by atoms with Crippen LogP contribution in [0.2, 0.25) is 0 Å². The molecule has 3 fully saturated rings. The van der Waals surface area contributed by atoms with E-state index in [1.807, 2.05) is 101 Å². The van der Waals surface area contributed by atoms with Crippen LogP contribution in [0.5, 0.6) is 5.75 Å². The zero-order chi connectivity index (χ0) is 54.1. The van der Waals surface area contributed by atoms with E-state index in [1.165, 1.54) is 7.11 Å². The topological polar surface area (TPSA) is 215 Å². The van der Waals surface area contributed by atoms with Gasteiger partial charge in [0.15, 0.2) is 0 Å². The number of cyclic esters (lactones) is 1. The van der Waals surface area contributed by atoms with E-state index in [0.717, 1.165) is 16.0 Å². The van der Waals surface area contributed by atoms with Crippen molar-refractivity contribution in [3.05, 3.63) is 174 Å². The van der Waals surface area contributed by atoms with Gasteiger partial charge in [0.05, 0.1) is 42.9 Å². The number of nitrogens with zero attached hydrogens (tertiary/aromatic N) is 9. The monoisotopic (exact) mass is 1050 g/mol. The summed E-state index contributed by atoms with van der Waals surface area (Å²) < 4.78 is 19.6. The molecular formula is C59H56N10O9. The van der Waals surface area contributed by atoms with Crippen LogP contribution in [-0.4, -0.2) is 128 Å². The van der Waals surface area contributed by atoms with E-state index in [0.29, 0.717) is 47.0 Å². The molecule has 4 aliphatic rings. The lowest BCUT2D eigenvalue weighted by molar-refractivity contribution is -0.179. The van der Waals surface area contributed by atoms with Crippen molar-refractivity contribution < 1.29 is 43.3 Å². The fourth-order valence-corrected chi connectivity index (χ4v) is 11.8. The van der Waals surface area contributed by atoms with Crippen molar-refractivity contribution >= 4 is 52.5 Å². The van der Waals surface area contributed by atoms with Gasteiger partial charge in [0.2, 0.25) is 17.8 Å². The number of aliphatic hydroxyl groups excluding tert-OH is 1. The minimum Gasteiger partial charge on any atom is -0.491 e. The minimum atomic E-state index is -2.14. The van der Waals surface area contributed by atoms with Crippen molar-refractivity contribution in [2.24, 2.45) is 11.8 Å². The highest BCUT2D eigenvalue weighted by molar-refractivity contribution is 6.25. The first-order valence-corrected chi connectivity index (χ1v) is 25.9. The molecule has 2 N–H and O–H groups in total. The van der Waals surface area contributed by atoms with Gasteiger partial charge in [0.1, 0.15) is 48.0 Å². The number of rotatable bonds is 12. The molecule has 19 heteroatoms. The minimum absolute atomic E-state index is 0.0545. The molecule has 11 rings (SSSR count). The first-order chi connectivity index (χ1) is 38.0. The van der Waals surface area contributed by atoms with Gasteiger partial charge in [-0.1, -0.05) is 116 Å². The van der Waals surface area contributed by atoms with Crippen molar-refractivity contribution in [1.82, 2.24) is 40.1 Å². The molecule has 78 heavy (non-hydrogen) atoms. The lowest BCUT2D eigenvalue weighted by Gasteiger charge is -2.46. The molecule has 1 spiro atoms. The highest BCUT2D eigenvalue weighted by atomic mass is 16.6. The Hall–Kier alpha value is -8.99. The molecule has 19 nitrogen and oxygen atoms in total. The van der Waals surface area contributed by atoms with Crippen LogP contribution in [0.4, 0.5) is 16.4 Å². The van der Waals surface area contributed by atoms with Gasteiger partial charge in [-0.05, 0) is 76.7 Å². The molecule has 2 aromatic heterocycles. The highest BCUT2D eigenvalue weighted by Crippen LogP contribution is 2.66. The van der Waals surface area contributed by atoms with Gasteiger partial charge in [-0.3, -0.25) is 19.3 Å². The SMILES string of the molecule is COC(=O)[C@@H](NC(=O)N1C(=O)[C@@]2(c3cc(C#CCn4nnc5ccccc54)ccc31)[C@H](C(=O)N1CCN(c3ncccn3)CC1)[C@H]1C(=O)O[C@H](c3ccccc3)[C@H](c3ccccc3)N1[C@@H]2c1cccc(OCCO)c1)C(C)C. The third-order valence-electron chi connectivity index (χ3n) is 15.2. The van der Waals surface area contributed by atoms with Crippen LogP contribution in [0, 0.1) is 23.7 Å². The number of imide groups is 1. The van der Waals surface area contributed by atoms with E-state index in [9.17, 15) is 9.90 Å². The van der Waals surface area contributed by atoms with Crippen LogP contribution in [-0.2, 0) is 40.6 Å². The summed E-state index contributed by atoms with van der Waals surface area (Å²) in [5, 5.41) is 21.4. The summed E-state index contributed by atoms with van der Waals surface area (Å²) in [5.41, 5.74) is 1.97. The predicted octanol–water partition coefficient (Wildman–Crippen LogP) is 5.57. The Morgan fingerprint density at radius 2 is 1.53 bits per heavy atom.